The average Bonchev–Trinajstić information content (AvgIpc) is 2.98. The number of pyridine rings is 1. The van der Waals surface area contributed by atoms with Crippen molar-refractivity contribution in [3.8, 4) is 10.6 Å². The minimum atomic E-state index is -0.173. The van der Waals surface area contributed by atoms with Gasteiger partial charge in [-0.2, -0.15) is 0 Å². The van der Waals surface area contributed by atoms with Gasteiger partial charge in [0, 0.05) is 21.7 Å². The van der Waals surface area contributed by atoms with E-state index in [0.717, 1.165) is 31.4 Å². The van der Waals surface area contributed by atoms with Crippen LogP contribution in [0.2, 0.25) is 0 Å². The standard InChI is InChI=1S/C27H39NOS/c1-9-11-21-12-10-13-22(28-21)25-24(20-14-16-27(7,8)17-15-20)23(19(3)30-25)18(2)29-26(4,5)6/h10,12-14,18H,9,11,15-17H2,1-8H3. The number of rotatable bonds is 6. The Hall–Kier alpha value is -1.45. The third-order valence-corrected chi connectivity index (χ3v) is 7.05. The molecule has 0 fully saturated rings. The van der Waals surface area contributed by atoms with Crippen LogP contribution in [0, 0.1) is 12.3 Å². The second-order valence-electron chi connectivity index (χ2n) is 10.5. The van der Waals surface area contributed by atoms with Crippen LogP contribution in [-0.2, 0) is 11.2 Å². The lowest BCUT2D eigenvalue weighted by atomic mass is 9.76. The van der Waals surface area contributed by atoms with Crippen molar-refractivity contribution in [3.05, 3.63) is 46.0 Å². The molecule has 2 nitrogen and oxygen atoms in total. The molecule has 2 aromatic heterocycles. The first-order valence-corrected chi connectivity index (χ1v) is 12.3. The van der Waals surface area contributed by atoms with Gasteiger partial charge >= 0.3 is 0 Å². The Morgan fingerprint density at radius 1 is 1.23 bits per heavy atom. The maximum atomic E-state index is 6.45. The highest BCUT2D eigenvalue weighted by molar-refractivity contribution is 7.16. The summed E-state index contributed by atoms with van der Waals surface area (Å²) < 4.78 is 6.45. The Morgan fingerprint density at radius 2 is 1.97 bits per heavy atom. The van der Waals surface area contributed by atoms with Crippen LogP contribution in [0.1, 0.15) is 102 Å². The van der Waals surface area contributed by atoms with Crippen molar-refractivity contribution < 1.29 is 4.74 Å². The molecular formula is C27H39NOS. The van der Waals surface area contributed by atoms with Crippen LogP contribution in [0.15, 0.2) is 24.3 Å². The molecule has 3 rings (SSSR count). The molecule has 0 radical (unpaired) electrons. The molecule has 0 spiro atoms. The van der Waals surface area contributed by atoms with Gasteiger partial charge in [0.05, 0.1) is 22.3 Å². The van der Waals surface area contributed by atoms with Crippen LogP contribution in [0.5, 0.6) is 0 Å². The van der Waals surface area contributed by atoms with Crippen molar-refractivity contribution in [2.45, 2.75) is 99.2 Å². The van der Waals surface area contributed by atoms with Crippen LogP contribution >= 0.6 is 11.3 Å². The second kappa shape index (κ2) is 8.96. The molecule has 1 atom stereocenters. The second-order valence-corrected chi connectivity index (χ2v) is 11.7. The Morgan fingerprint density at radius 3 is 2.57 bits per heavy atom. The number of ether oxygens (including phenoxy) is 1. The van der Waals surface area contributed by atoms with Crippen molar-refractivity contribution in [2.24, 2.45) is 5.41 Å². The van der Waals surface area contributed by atoms with Crippen LogP contribution in [-0.4, -0.2) is 10.6 Å². The Labute approximate surface area is 187 Å². The molecule has 0 saturated heterocycles. The first-order chi connectivity index (χ1) is 14.0. The number of thiophene rings is 1. The smallest absolute Gasteiger partial charge is 0.0820 e. The lowest BCUT2D eigenvalue weighted by Gasteiger charge is -2.31. The highest BCUT2D eigenvalue weighted by Crippen LogP contribution is 2.48. The summed E-state index contributed by atoms with van der Waals surface area (Å²) >= 11 is 1.89. The van der Waals surface area contributed by atoms with Gasteiger partial charge < -0.3 is 4.74 Å². The molecule has 1 unspecified atom stereocenters. The predicted octanol–water partition coefficient (Wildman–Crippen LogP) is 8.54. The number of hydrogen-bond acceptors (Lipinski definition) is 3. The molecule has 0 saturated carbocycles. The van der Waals surface area contributed by atoms with E-state index in [4.69, 9.17) is 9.72 Å². The van der Waals surface area contributed by atoms with E-state index in [0.29, 0.717) is 5.41 Å². The average molecular weight is 426 g/mol. The third-order valence-electron chi connectivity index (χ3n) is 5.91. The number of hydrogen-bond donors (Lipinski definition) is 0. The summed E-state index contributed by atoms with van der Waals surface area (Å²) in [7, 11) is 0. The molecule has 2 aromatic rings. The summed E-state index contributed by atoms with van der Waals surface area (Å²) in [5.74, 6) is 0. The van der Waals surface area contributed by atoms with Gasteiger partial charge in [0.15, 0.2) is 0 Å². The van der Waals surface area contributed by atoms with Crippen LogP contribution in [0.25, 0.3) is 16.1 Å². The number of aromatic nitrogens is 1. The van der Waals surface area contributed by atoms with E-state index in [9.17, 15) is 0 Å². The lowest BCUT2D eigenvalue weighted by molar-refractivity contribution is -0.0531. The fraction of sp³-hybridized carbons (Fsp3) is 0.593. The maximum absolute atomic E-state index is 6.45. The molecule has 2 heterocycles. The number of aryl methyl sites for hydroxylation is 2. The molecule has 0 bridgehead atoms. The SMILES string of the molecule is CCCc1cccc(-c2sc(C)c(C(C)OC(C)(C)C)c2C2=CCC(C)(C)CC2)n1. The van der Waals surface area contributed by atoms with Crippen molar-refractivity contribution in [1.82, 2.24) is 4.98 Å². The van der Waals surface area contributed by atoms with Gasteiger partial charge in [-0.15, -0.1) is 11.3 Å². The molecule has 0 amide bonds. The van der Waals surface area contributed by atoms with Crippen molar-refractivity contribution in [2.75, 3.05) is 0 Å². The minimum Gasteiger partial charge on any atom is -0.368 e. The van der Waals surface area contributed by atoms with Crippen molar-refractivity contribution in [1.29, 1.82) is 0 Å². The van der Waals surface area contributed by atoms with E-state index in [2.05, 4.69) is 79.7 Å². The van der Waals surface area contributed by atoms with Gasteiger partial charge in [0.25, 0.3) is 0 Å². The van der Waals surface area contributed by atoms with E-state index in [1.54, 1.807) is 0 Å². The van der Waals surface area contributed by atoms with Gasteiger partial charge in [0.1, 0.15) is 0 Å². The monoisotopic (exact) mass is 425 g/mol. The van der Waals surface area contributed by atoms with Crippen LogP contribution in [0.3, 0.4) is 0 Å². The number of nitrogens with zero attached hydrogens (tertiary/aromatic N) is 1. The first kappa shape index (κ1) is 23.2. The summed E-state index contributed by atoms with van der Waals surface area (Å²) in [5.41, 5.74) is 6.75. The van der Waals surface area contributed by atoms with E-state index in [1.807, 2.05) is 11.3 Å². The molecule has 1 aliphatic rings. The summed E-state index contributed by atoms with van der Waals surface area (Å²) in [6.07, 6.45) is 8.17. The van der Waals surface area contributed by atoms with Gasteiger partial charge in [0.2, 0.25) is 0 Å². The van der Waals surface area contributed by atoms with Gasteiger partial charge in [-0.25, -0.2) is 0 Å². The van der Waals surface area contributed by atoms with Crippen LogP contribution in [0.4, 0.5) is 0 Å². The Balaban J connectivity index is 2.15. The Bertz CT molecular complexity index is 913. The summed E-state index contributed by atoms with van der Waals surface area (Å²) in [6.45, 7) is 17.9. The van der Waals surface area contributed by atoms with Gasteiger partial charge in [-0.3, -0.25) is 4.98 Å². The van der Waals surface area contributed by atoms with Gasteiger partial charge in [-0.05, 0) is 83.4 Å². The Kier molecular flexibility index (Phi) is 6.94. The van der Waals surface area contributed by atoms with Gasteiger partial charge in [-0.1, -0.05) is 39.3 Å². The van der Waals surface area contributed by atoms with Crippen LogP contribution < -0.4 is 0 Å². The molecule has 0 N–H and O–H groups in total. The molecular weight excluding hydrogens is 386 g/mol. The van der Waals surface area contributed by atoms with E-state index < -0.39 is 0 Å². The fourth-order valence-corrected chi connectivity index (χ4v) is 5.69. The third kappa shape index (κ3) is 5.42. The molecule has 0 aromatic carbocycles. The molecule has 164 valence electrons. The minimum absolute atomic E-state index is 0.0552. The lowest BCUT2D eigenvalue weighted by Crippen LogP contribution is -2.22. The topological polar surface area (TPSA) is 22.1 Å². The zero-order valence-electron chi connectivity index (χ0n) is 20.2. The fourth-order valence-electron chi connectivity index (χ4n) is 4.44. The largest absolute Gasteiger partial charge is 0.368 e. The van der Waals surface area contributed by atoms with E-state index >= 15 is 0 Å². The molecule has 1 aliphatic carbocycles. The van der Waals surface area contributed by atoms with E-state index in [1.165, 1.54) is 38.6 Å². The zero-order valence-corrected chi connectivity index (χ0v) is 21.0. The summed E-state index contributed by atoms with van der Waals surface area (Å²) in [5, 5.41) is 0. The van der Waals surface area contributed by atoms with Crippen molar-refractivity contribution >= 4 is 16.9 Å². The maximum Gasteiger partial charge on any atom is 0.0820 e. The quantitative estimate of drug-likeness (QED) is 0.462. The first-order valence-electron chi connectivity index (χ1n) is 11.5. The molecule has 3 heteroatoms. The van der Waals surface area contributed by atoms with Crippen molar-refractivity contribution in [3.63, 3.8) is 0 Å². The summed E-state index contributed by atoms with van der Waals surface area (Å²) in [4.78, 5) is 7.72. The highest BCUT2D eigenvalue weighted by atomic mass is 32.1. The number of allylic oxidation sites excluding steroid dienone is 2. The zero-order chi connectivity index (χ0) is 22.1. The van der Waals surface area contributed by atoms with E-state index in [-0.39, 0.29) is 11.7 Å². The molecule has 0 aliphatic heterocycles. The summed E-state index contributed by atoms with van der Waals surface area (Å²) in [6, 6.07) is 6.50. The normalized spacial score (nSPS) is 17.7. The highest BCUT2D eigenvalue weighted by Gasteiger charge is 2.30. The molecule has 30 heavy (non-hydrogen) atoms. The predicted molar refractivity (Wildman–Crippen MR) is 131 cm³/mol.